The molecule has 1 aromatic carbocycles. The first kappa shape index (κ1) is 12.8. The molecule has 0 saturated heterocycles. The molecule has 0 bridgehead atoms. The third kappa shape index (κ3) is 4.01. The molecule has 0 radical (unpaired) electrons. The Bertz CT molecular complexity index is 289. The average molecular weight is 295 g/mol. The van der Waals surface area contributed by atoms with Gasteiger partial charge in [-0.25, -0.2) is 0 Å². The molecule has 67 valence electrons. The minimum absolute atomic E-state index is 0. The molecular formula is C9H10BrO2Zn. The number of ether oxygens (including phenoxy) is 1. The van der Waals surface area contributed by atoms with Crippen LogP contribution in [0.2, 0.25) is 0 Å². The second-order valence-corrected chi connectivity index (χ2v) is 4.13. The number of esters is 1. The number of hydrogen-bond acceptors (Lipinski definition) is 2. The fourth-order valence-corrected chi connectivity index (χ4v) is 1.66. The van der Waals surface area contributed by atoms with Crippen LogP contribution in [-0.2, 0) is 23.0 Å². The van der Waals surface area contributed by atoms with Gasteiger partial charge >= 0.3 is 81.3 Å². The molecule has 1 rings (SSSR count). The zero-order chi connectivity index (χ0) is 8.97. The number of rotatable bonds is 2. The van der Waals surface area contributed by atoms with Gasteiger partial charge in [0.15, 0.2) is 0 Å². The topological polar surface area (TPSA) is 26.3 Å². The Kier molecular flexibility index (Phi) is 6.18. The predicted octanol–water partition coefficient (Wildman–Crippen LogP) is 1.61. The standard InChI is InChI=1S/C9H9O2.BrH.Zn/c1-2-11-9(10)8-6-4-3-5-7-8;;/h3-4,6-7H,2H2,1H3;1H;. The van der Waals surface area contributed by atoms with Crippen molar-refractivity contribution in [3.63, 3.8) is 0 Å². The number of hydrogen-bond donors (Lipinski definition) is 0. The van der Waals surface area contributed by atoms with Crippen LogP contribution in [-0.4, -0.2) is 12.6 Å². The third-order valence-electron chi connectivity index (χ3n) is 1.44. The van der Waals surface area contributed by atoms with E-state index < -0.39 is 0 Å². The number of benzene rings is 1. The van der Waals surface area contributed by atoms with Crippen molar-refractivity contribution in [2.75, 3.05) is 6.61 Å². The van der Waals surface area contributed by atoms with Gasteiger partial charge in [0.25, 0.3) is 0 Å². The Morgan fingerprint density at radius 1 is 1.54 bits per heavy atom. The first-order chi connectivity index (χ1) is 5.74. The van der Waals surface area contributed by atoms with Crippen LogP contribution in [0.3, 0.4) is 0 Å². The molecule has 0 N–H and O–H groups in total. The Balaban J connectivity index is 0.00000144. The van der Waals surface area contributed by atoms with Gasteiger partial charge in [0, 0.05) is 0 Å². The predicted molar refractivity (Wildman–Crippen MR) is 52.4 cm³/mol. The Morgan fingerprint density at radius 2 is 2.23 bits per heavy atom. The van der Waals surface area contributed by atoms with Crippen molar-refractivity contribution in [2.45, 2.75) is 6.92 Å². The van der Waals surface area contributed by atoms with E-state index in [1.165, 1.54) is 4.16 Å². The quantitative estimate of drug-likeness (QED) is 0.612. The van der Waals surface area contributed by atoms with Crippen LogP contribution in [0.4, 0.5) is 0 Å². The fraction of sp³-hybridized carbons (Fsp3) is 0.222. The second-order valence-electron chi connectivity index (χ2n) is 2.42. The van der Waals surface area contributed by atoms with E-state index in [9.17, 15) is 4.79 Å². The third-order valence-corrected chi connectivity index (χ3v) is 2.36. The average Bonchev–Trinajstić information content (AvgIpc) is 2.05. The summed E-state index contributed by atoms with van der Waals surface area (Å²) < 4.78 is 6.05. The van der Waals surface area contributed by atoms with Gasteiger partial charge in [-0.15, -0.1) is 17.0 Å². The SMILES string of the molecule is Br.CCOC(=O)c1ccc[c]([Zn])c1. The van der Waals surface area contributed by atoms with Crippen molar-refractivity contribution in [3.05, 3.63) is 29.8 Å². The zero-order valence-electron chi connectivity index (χ0n) is 7.45. The molecule has 0 aliphatic carbocycles. The van der Waals surface area contributed by atoms with Crippen LogP contribution in [0.15, 0.2) is 24.3 Å². The van der Waals surface area contributed by atoms with E-state index >= 15 is 0 Å². The van der Waals surface area contributed by atoms with Crippen molar-refractivity contribution in [2.24, 2.45) is 0 Å². The van der Waals surface area contributed by atoms with Crippen molar-refractivity contribution < 1.29 is 27.8 Å². The summed E-state index contributed by atoms with van der Waals surface area (Å²) in [5.74, 6) is -0.229. The number of halogens is 1. The minimum atomic E-state index is -0.229. The molecule has 0 spiro atoms. The molecule has 2 nitrogen and oxygen atoms in total. The Hall–Kier alpha value is -0.207. The second kappa shape index (κ2) is 6.28. The molecular weight excluding hydrogens is 285 g/mol. The van der Waals surface area contributed by atoms with Crippen molar-refractivity contribution >= 4 is 27.1 Å². The molecule has 0 aliphatic rings. The summed E-state index contributed by atoms with van der Waals surface area (Å²) in [5.41, 5.74) is 0.653. The molecule has 0 amide bonds. The summed E-state index contributed by atoms with van der Waals surface area (Å²) in [6.07, 6.45) is 0. The van der Waals surface area contributed by atoms with Crippen molar-refractivity contribution in [1.82, 2.24) is 0 Å². The van der Waals surface area contributed by atoms with Gasteiger partial charge in [0.05, 0.1) is 0 Å². The van der Waals surface area contributed by atoms with Crippen molar-refractivity contribution in [3.8, 4) is 0 Å². The normalized spacial score (nSPS) is 8.85. The summed E-state index contributed by atoms with van der Waals surface area (Å²) >= 11 is 1.06. The molecule has 13 heavy (non-hydrogen) atoms. The van der Waals surface area contributed by atoms with Gasteiger partial charge in [-0.1, -0.05) is 0 Å². The van der Waals surface area contributed by atoms with E-state index in [0.29, 0.717) is 12.2 Å². The monoisotopic (exact) mass is 293 g/mol. The molecule has 0 aromatic heterocycles. The summed E-state index contributed by atoms with van der Waals surface area (Å²) in [5, 5.41) is 0. The fourth-order valence-electron chi connectivity index (χ4n) is 0.913. The molecule has 0 aliphatic heterocycles. The molecule has 4 heteroatoms. The van der Waals surface area contributed by atoms with Crippen LogP contribution >= 0.6 is 17.0 Å². The molecule has 0 atom stereocenters. The van der Waals surface area contributed by atoms with E-state index in [2.05, 4.69) is 0 Å². The van der Waals surface area contributed by atoms with Crippen LogP contribution in [0.1, 0.15) is 17.3 Å². The summed E-state index contributed by atoms with van der Waals surface area (Å²) in [6.45, 7) is 2.24. The molecule has 0 saturated carbocycles. The number of carbonyl (C=O) groups excluding carboxylic acids is 1. The maximum absolute atomic E-state index is 11.2. The van der Waals surface area contributed by atoms with E-state index in [0.717, 1.165) is 18.3 Å². The van der Waals surface area contributed by atoms with E-state index in [1.54, 1.807) is 6.07 Å². The number of carbonyl (C=O) groups is 1. The van der Waals surface area contributed by atoms with Gasteiger partial charge in [0.2, 0.25) is 0 Å². The van der Waals surface area contributed by atoms with Crippen LogP contribution in [0, 0.1) is 0 Å². The first-order valence-corrected chi connectivity index (χ1v) is 5.31. The summed E-state index contributed by atoms with van der Waals surface area (Å²) in [6, 6.07) is 7.53. The van der Waals surface area contributed by atoms with E-state index in [1.807, 2.05) is 25.1 Å². The summed E-state index contributed by atoms with van der Waals surface area (Å²) in [7, 11) is 0. The molecule has 0 fully saturated rings. The van der Waals surface area contributed by atoms with Crippen molar-refractivity contribution in [1.29, 1.82) is 0 Å². The van der Waals surface area contributed by atoms with Crippen LogP contribution in [0.25, 0.3) is 0 Å². The molecule has 0 heterocycles. The maximum atomic E-state index is 11.2. The van der Waals surface area contributed by atoms with Gasteiger partial charge in [-0.2, -0.15) is 0 Å². The Labute approximate surface area is 98.1 Å². The van der Waals surface area contributed by atoms with E-state index in [-0.39, 0.29) is 23.0 Å². The zero-order valence-corrected chi connectivity index (χ0v) is 12.1. The van der Waals surface area contributed by atoms with Gasteiger partial charge < -0.3 is 0 Å². The van der Waals surface area contributed by atoms with Gasteiger partial charge in [-0.3, -0.25) is 0 Å². The molecule has 0 unspecified atom stereocenters. The Morgan fingerprint density at radius 3 is 2.77 bits per heavy atom. The van der Waals surface area contributed by atoms with Gasteiger partial charge in [0.1, 0.15) is 0 Å². The summed E-state index contributed by atoms with van der Waals surface area (Å²) in [4.78, 5) is 11.2. The molecule has 1 aromatic rings. The van der Waals surface area contributed by atoms with Crippen LogP contribution < -0.4 is 4.16 Å². The first-order valence-electron chi connectivity index (χ1n) is 3.83. The van der Waals surface area contributed by atoms with E-state index in [4.69, 9.17) is 4.74 Å². The van der Waals surface area contributed by atoms with Gasteiger partial charge in [-0.05, 0) is 0 Å². The van der Waals surface area contributed by atoms with Crippen LogP contribution in [0.5, 0.6) is 0 Å².